The van der Waals surface area contributed by atoms with Gasteiger partial charge in [-0.2, -0.15) is 30.3 Å². The van der Waals surface area contributed by atoms with E-state index in [0.717, 1.165) is 17.7 Å². The molecule has 0 atom stereocenters. The third kappa shape index (κ3) is 4.55. The molecule has 2 aromatic carbocycles. The zero-order valence-corrected chi connectivity index (χ0v) is 12.5. The molecule has 2 rings (SSSR count). The first kappa shape index (κ1) is 17.3. The number of para-hydroxylation sites is 1. The summed E-state index contributed by atoms with van der Waals surface area (Å²) in [4.78, 5) is 0. The molecular formula is C13H9BrF2MgO. The SMILES string of the molecule is Fc1cccc(F)c1OCc1[c-]cccc1.[Br-].[Mg+2]. The molecule has 2 aromatic rings. The minimum absolute atomic E-state index is 0. The van der Waals surface area contributed by atoms with Gasteiger partial charge < -0.3 is 21.7 Å². The maximum absolute atomic E-state index is 13.2. The summed E-state index contributed by atoms with van der Waals surface area (Å²) in [5, 5.41) is 0. The molecule has 90 valence electrons. The Morgan fingerprint density at radius 3 is 2.22 bits per heavy atom. The minimum Gasteiger partial charge on any atom is -1.00 e. The van der Waals surface area contributed by atoms with Gasteiger partial charge in [-0.05, 0) is 12.1 Å². The number of hydrogen-bond acceptors (Lipinski definition) is 1. The summed E-state index contributed by atoms with van der Waals surface area (Å²) in [6.07, 6.45) is 0. The van der Waals surface area contributed by atoms with Crippen LogP contribution in [-0.2, 0) is 6.61 Å². The molecule has 0 fully saturated rings. The van der Waals surface area contributed by atoms with Crippen LogP contribution >= 0.6 is 0 Å². The largest absolute Gasteiger partial charge is 2.00 e. The molecule has 0 aliphatic rings. The van der Waals surface area contributed by atoms with Crippen LogP contribution in [0.25, 0.3) is 0 Å². The minimum atomic E-state index is -0.698. The molecule has 0 saturated heterocycles. The third-order valence-electron chi connectivity index (χ3n) is 2.06. The molecule has 18 heavy (non-hydrogen) atoms. The van der Waals surface area contributed by atoms with Crippen LogP contribution in [0.4, 0.5) is 8.78 Å². The molecule has 0 bridgehead atoms. The van der Waals surface area contributed by atoms with Crippen LogP contribution in [-0.4, -0.2) is 23.1 Å². The van der Waals surface area contributed by atoms with Crippen LogP contribution in [0.15, 0.2) is 42.5 Å². The van der Waals surface area contributed by atoms with E-state index in [1.807, 2.05) is 12.1 Å². The van der Waals surface area contributed by atoms with Gasteiger partial charge in [0.15, 0.2) is 17.4 Å². The smallest absolute Gasteiger partial charge is 1.00 e. The fourth-order valence-electron chi connectivity index (χ4n) is 1.29. The van der Waals surface area contributed by atoms with Gasteiger partial charge in [0.05, 0.1) is 6.61 Å². The Morgan fingerprint density at radius 1 is 1.00 bits per heavy atom. The van der Waals surface area contributed by atoms with E-state index in [1.165, 1.54) is 6.07 Å². The van der Waals surface area contributed by atoms with E-state index in [2.05, 4.69) is 6.07 Å². The van der Waals surface area contributed by atoms with Crippen molar-refractivity contribution in [3.63, 3.8) is 0 Å². The van der Waals surface area contributed by atoms with Crippen LogP contribution in [0.5, 0.6) is 5.75 Å². The normalized spacial score (nSPS) is 9.00. The number of ether oxygens (including phenoxy) is 1. The summed E-state index contributed by atoms with van der Waals surface area (Å²) in [6, 6.07) is 13.6. The van der Waals surface area contributed by atoms with Crippen LogP contribution in [0.2, 0.25) is 0 Å². The van der Waals surface area contributed by atoms with Gasteiger partial charge in [0, 0.05) is 0 Å². The summed E-state index contributed by atoms with van der Waals surface area (Å²) in [6.45, 7) is 0.0959. The monoisotopic (exact) mass is 322 g/mol. The van der Waals surface area contributed by atoms with Crippen molar-refractivity contribution in [1.82, 2.24) is 0 Å². The number of benzene rings is 2. The molecule has 0 aliphatic heterocycles. The zero-order valence-electron chi connectivity index (χ0n) is 9.50. The Bertz CT molecular complexity index is 459. The van der Waals surface area contributed by atoms with E-state index < -0.39 is 11.6 Å². The fourth-order valence-corrected chi connectivity index (χ4v) is 1.29. The van der Waals surface area contributed by atoms with Crippen molar-refractivity contribution in [2.75, 3.05) is 0 Å². The van der Waals surface area contributed by atoms with Gasteiger partial charge >= 0.3 is 23.1 Å². The quantitative estimate of drug-likeness (QED) is 0.569. The van der Waals surface area contributed by atoms with Crippen LogP contribution in [0.3, 0.4) is 0 Å². The van der Waals surface area contributed by atoms with Crippen molar-refractivity contribution in [1.29, 1.82) is 0 Å². The summed E-state index contributed by atoms with van der Waals surface area (Å²) < 4.78 is 31.4. The third-order valence-corrected chi connectivity index (χ3v) is 2.06. The predicted octanol–water partition coefficient (Wildman–Crippen LogP) is -0.0328. The molecule has 0 spiro atoms. The van der Waals surface area contributed by atoms with E-state index in [1.54, 1.807) is 12.1 Å². The number of rotatable bonds is 3. The van der Waals surface area contributed by atoms with Crippen LogP contribution in [0, 0.1) is 17.7 Å². The van der Waals surface area contributed by atoms with Gasteiger partial charge in [-0.15, -0.1) is 5.56 Å². The van der Waals surface area contributed by atoms with Crippen LogP contribution in [0.1, 0.15) is 5.56 Å². The van der Waals surface area contributed by atoms with Crippen molar-refractivity contribution in [3.05, 3.63) is 65.7 Å². The predicted molar refractivity (Wildman–Crippen MR) is 61.7 cm³/mol. The molecule has 0 aromatic heterocycles. The van der Waals surface area contributed by atoms with E-state index in [4.69, 9.17) is 4.74 Å². The molecule has 0 radical (unpaired) electrons. The summed E-state index contributed by atoms with van der Waals surface area (Å²) in [5.41, 5.74) is 0.741. The Balaban J connectivity index is 0.00000144. The number of hydrogen-bond donors (Lipinski definition) is 0. The molecule has 0 N–H and O–H groups in total. The van der Waals surface area contributed by atoms with Crippen molar-refractivity contribution in [2.24, 2.45) is 0 Å². The fraction of sp³-hybridized carbons (Fsp3) is 0.0769. The molecule has 0 heterocycles. The van der Waals surface area contributed by atoms with Gasteiger partial charge in [-0.3, -0.25) is 0 Å². The summed E-state index contributed by atoms with van der Waals surface area (Å²) in [5.74, 6) is -1.74. The maximum Gasteiger partial charge on any atom is 2.00 e. The molecule has 0 aliphatic carbocycles. The Hall–Kier alpha value is -0.654. The Kier molecular flexibility index (Phi) is 8.14. The average molecular weight is 323 g/mol. The Labute approximate surface area is 131 Å². The van der Waals surface area contributed by atoms with Crippen molar-refractivity contribution in [3.8, 4) is 5.75 Å². The van der Waals surface area contributed by atoms with Gasteiger partial charge in [-0.1, -0.05) is 6.07 Å². The van der Waals surface area contributed by atoms with Gasteiger partial charge in [0.2, 0.25) is 0 Å². The molecule has 5 heteroatoms. The van der Waals surface area contributed by atoms with E-state index in [-0.39, 0.29) is 52.4 Å². The second-order valence-corrected chi connectivity index (χ2v) is 3.23. The zero-order chi connectivity index (χ0) is 11.4. The molecule has 0 amide bonds. The van der Waals surface area contributed by atoms with E-state index in [0.29, 0.717) is 0 Å². The standard InChI is InChI=1S/C13H9F2O.BrH.Mg/c14-11-7-4-8-12(15)13(11)16-9-10-5-2-1-3-6-10;;/h1-5,7-8H,9H2;1H;/q-1;;+2/p-1. The molecule has 0 saturated carbocycles. The first-order valence-corrected chi connectivity index (χ1v) is 4.80. The van der Waals surface area contributed by atoms with Crippen molar-refractivity contribution in [2.45, 2.75) is 6.61 Å². The molecule has 0 unspecified atom stereocenters. The summed E-state index contributed by atoms with van der Waals surface area (Å²) >= 11 is 0. The second-order valence-electron chi connectivity index (χ2n) is 3.23. The topological polar surface area (TPSA) is 9.23 Å². The molecular weight excluding hydrogens is 314 g/mol. The second kappa shape index (κ2) is 8.45. The van der Waals surface area contributed by atoms with Crippen LogP contribution < -0.4 is 21.7 Å². The van der Waals surface area contributed by atoms with Gasteiger partial charge in [-0.25, -0.2) is 8.78 Å². The van der Waals surface area contributed by atoms with Crippen molar-refractivity contribution < 1.29 is 30.5 Å². The first-order valence-electron chi connectivity index (χ1n) is 4.80. The van der Waals surface area contributed by atoms with E-state index >= 15 is 0 Å². The Morgan fingerprint density at radius 2 is 1.67 bits per heavy atom. The first-order chi connectivity index (χ1) is 7.77. The van der Waals surface area contributed by atoms with Crippen molar-refractivity contribution >= 4 is 23.1 Å². The van der Waals surface area contributed by atoms with E-state index in [9.17, 15) is 8.78 Å². The number of halogens is 3. The maximum atomic E-state index is 13.2. The van der Waals surface area contributed by atoms with Gasteiger partial charge in [0.25, 0.3) is 0 Å². The average Bonchev–Trinajstić information content (AvgIpc) is 2.30. The molecule has 1 nitrogen and oxygen atoms in total. The van der Waals surface area contributed by atoms with Gasteiger partial charge in [0.1, 0.15) is 0 Å². The summed E-state index contributed by atoms with van der Waals surface area (Å²) in [7, 11) is 0.